The average Bonchev–Trinajstić information content (AvgIpc) is 1.82. The number of carbonyl (C=O) groups is 12. The highest BCUT2D eigenvalue weighted by Crippen LogP contribution is 2.30. The molecule has 0 fully saturated rings. The lowest BCUT2D eigenvalue weighted by molar-refractivity contribution is -0.151. The van der Waals surface area contributed by atoms with E-state index in [1.165, 1.54) is 53.9 Å². The minimum Gasteiger partial charge on any atom is -0.368 e. The summed E-state index contributed by atoms with van der Waals surface area (Å²) in [5, 5.41) is 4.09. The lowest BCUT2D eigenvalue weighted by Crippen LogP contribution is -2.53. The minimum atomic E-state index is -0.849. The average molecular weight is 1830 g/mol. The van der Waals surface area contributed by atoms with Gasteiger partial charge in [0.2, 0.25) is 70.9 Å². The number of hydrogen-bond acceptors (Lipinski definition) is 18. The van der Waals surface area contributed by atoms with E-state index >= 15 is 43.2 Å². The van der Waals surface area contributed by atoms with Crippen LogP contribution in [0.2, 0.25) is 0 Å². The Labute approximate surface area is 784 Å². The molecule has 0 spiro atoms. The second-order valence-electron chi connectivity index (χ2n) is 34.0. The summed E-state index contributed by atoms with van der Waals surface area (Å²) in [5.41, 5.74) is 41.8. The maximum atomic E-state index is 16.0. The van der Waals surface area contributed by atoms with Gasteiger partial charge < -0.3 is 98.6 Å². The topological polar surface area (TPSA) is 424 Å². The number of nitrogens with one attached hydrogen (secondary N) is 2. The molecule has 0 saturated heterocycles. The third-order valence-electron chi connectivity index (χ3n) is 24.6. The van der Waals surface area contributed by atoms with Gasteiger partial charge in [0.05, 0.1) is 82.1 Å². The Hall–Kier alpha value is -12.5. The summed E-state index contributed by atoms with van der Waals surface area (Å²) in [4.78, 5) is 201. The van der Waals surface area contributed by atoms with E-state index in [1.54, 1.807) is 71.0 Å². The van der Waals surface area contributed by atoms with Crippen molar-refractivity contribution in [3.8, 4) is 0 Å². The van der Waals surface area contributed by atoms with Crippen molar-refractivity contribution in [2.75, 3.05) is 151 Å². The summed E-state index contributed by atoms with van der Waals surface area (Å²) in [6.45, 7) is 6.79. The van der Waals surface area contributed by atoms with Crippen molar-refractivity contribution in [1.82, 2.24) is 64.2 Å². The van der Waals surface area contributed by atoms with Crippen LogP contribution in [0.1, 0.15) is 181 Å². The molecule has 0 saturated carbocycles. The number of fused-ring (bicyclic) bond motifs is 1. The zero-order valence-electron chi connectivity index (χ0n) is 78.5. The molecule has 1 aromatic heterocycles. The Morgan fingerprint density at radius 3 is 0.797 bits per heavy atom. The van der Waals surface area contributed by atoms with Gasteiger partial charge in [-0.3, -0.25) is 57.5 Å². The van der Waals surface area contributed by atoms with Crippen LogP contribution in [-0.2, 0) is 64.0 Å². The molecule has 8 aromatic rings. The number of benzene rings is 7. The van der Waals surface area contributed by atoms with Crippen molar-refractivity contribution in [3.63, 3.8) is 0 Å². The van der Waals surface area contributed by atoms with Crippen molar-refractivity contribution >= 4 is 81.8 Å². The molecule has 0 aliphatic carbocycles. The van der Waals surface area contributed by atoms with Gasteiger partial charge in [0.15, 0.2) is 0 Å². The lowest BCUT2D eigenvalue weighted by atomic mass is 10.0. The van der Waals surface area contributed by atoms with Gasteiger partial charge in [-0.15, -0.1) is 0 Å². The number of carbonyl (C=O) groups excluding carboxylic acids is 12. The molecule has 0 radical (unpaired) electrons. The van der Waals surface area contributed by atoms with Gasteiger partial charge in [-0.25, -0.2) is 0 Å². The molecule has 7 aromatic carbocycles. The molecule has 8 rings (SSSR count). The number of nitrogens with two attached hydrogens (primary N) is 6. The first kappa shape index (κ1) is 106. The Bertz CT molecular complexity index is 4950. The molecule has 0 bridgehead atoms. The van der Waals surface area contributed by atoms with Gasteiger partial charge in [0, 0.05) is 49.8 Å². The molecular formula is C102H141N19O12. The molecule has 6 atom stereocenters. The van der Waals surface area contributed by atoms with Gasteiger partial charge in [0.1, 0.15) is 32.7 Å². The molecular weight excluding hydrogens is 1680 g/mol. The number of amides is 12. The van der Waals surface area contributed by atoms with Gasteiger partial charge >= 0.3 is 0 Å². The van der Waals surface area contributed by atoms with Crippen LogP contribution < -0.4 is 39.7 Å². The molecule has 0 aliphatic rings. The van der Waals surface area contributed by atoms with Crippen LogP contribution in [0.5, 0.6) is 0 Å². The van der Waals surface area contributed by atoms with Gasteiger partial charge in [0.25, 0.3) is 0 Å². The molecule has 14 N–H and O–H groups in total. The molecule has 0 aliphatic heterocycles. The monoisotopic (exact) mass is 1820 g/mol. The van der Waals surface area contributed by atoms with Crippen molar-refractivity contribution in [3.05, 3.63) is 251 Å². The van der Waals surface area contributed by atoms with E-state index in [-0.39, 0.29) is 77.8 Å². The number of aromatic nitrogens is 1. The van der Waals surface area contributed by atoms with Gasteiger partial charge in [-0.2, -0.15) is 0 Å². The second kappa shape index (κ2) is 56.4. The van der Waals surface area contributed by atoms with E-state index in [2.05, 4.69) is 10.3 Å². The van der Waals surface area contributed by atoms with Crippen LogP contribution in [0.3, 0.4) is 0 Å². The third kappa shape index (κ3) is 33.0. The fourth-order valence-corrected chi connectivity index (χ4v) is 16.3. The highest BCUT2D eigenvalue weighted by molar-refractivity contribution is 5.96. The van der Waals surface area contributed by atoms with Crippen molar-refractivity contribution in [2.24, 2.45) is 34.4 Å². The van der Waals surface area contributed by atoms with Crippen molar-refractivity contribution in [2.45, 2.75) is 148 Å². The summed E-state index contributed by atoms with van der Waals surface area (Å²) in [5.74, 6) is -7.23. The Morgan fingerprint density at radius 1 is 0.271 bits per heavy atom. The third-order valence-corrected chi connectivity index (χ3v) is 24.6. The molecule has 31 heteroatoms. The lowest BCUT2D eigenvalue weighted by Gasteiger charge is -2.37. The smallest absolute Gasteiger partial charge is 0.243 e. The van der Waals surface area contributed by atoms with Gasteiger partial charge in [-0.05, 0) is 196 Å². The first-order valence-corrected chi connectivity index (χ1v) is 46.7. The number of hydrogen-bond donors (Lipinski definition) is 8. The molecule has 0 unspecified atom stereocenters. The highest BCUT2D eigenvalue weighted by Gasteiger charge is 2.38. The minimum absolute atomic E-state index is 0.0142. The Kier molecular flexibility index (Phi) is 44.9. The highest BCUT2D eigenvalue weighted by atomic mass is 16.2. The largest absolute Gasteiger partial charge is 0.368 e. The van der Waals surface area contributed by atoms with Crippen LogP contribution in [0, 0.1) is 0 Å². The summed E-state index contributed by atoms with van der Waals surface area (Å²) >= 11 is 0. The molecule has 716 valence electrons. The predicted octanol–water partition coefficient (Wildman–Crippen LogP) is 8.16. The van der Waals surface area contributed by atoms with E-state index in [0.29, 0.717) is 86.7 Å². The SMILES string of the molecule is C[C@@H](c1ccccc1)N(CC(N)=O)C(=O)CN(C(=O)CN(CCCCN)C(=O)CN(C(=O)CN(C(=O)CN(CCCCN)C(=O)CN(CCc1c[nH]c2ccccc12)C(=O)CN(CCCCN)C(=O)CN(CCCCN)C(=O)CN(C(=O)CN(C(=O)CNCCCCN)[C@@H](C)c1ccccc1)[C@@H](C)c1ccccc1)[C@@H](C)c1ccccc1)[C@@H](C)c1ccccc1)[C@@H](C)c1ccccc1. The zero-order valence-corrected chi connectivity index (χ0v) is 78.5. The Morgan fingerprint density at radius 2 is 0.504 bits per heavy atom. The quantitative estimate of drug-likeness (QED) is 0.0167. The van der Waals surface area contributed by atoms with Crippen molar-refractivity contribution in [1.29, 1.82) is 0 Å². The number of para-hydroxylation sites is 1. The van der Waals surface area contributed by atoms with Crippen LogP contribution in [0.15, 0.2) is 212 Å². The number of rotatable bonds is 59. The summed E-state index contributed by atoms with van der Waals surface area (Å²) in [6, 6.07) is 58.1. The number of aromatic amines is 1. The van der Waals surface area contributed by atoms with E-state index in [0.717, 1.165) is 40.4 Å². The number of unbranched alkanes of at least 4 members (excludes halogenated alkanes) is 5. The van der Waals surface area contributed by atoms with Crippen LogP contribution in [-0.4, -0.2) is 280 Å². The van der Waals surface area contributed by atoms with Crippen LogP contribution >= 0.6 is 0 Å². The maximum absolute atomic E-state index is 16.0. The predicted molar refractivity (Wildman–Crippen MR) is 518 cm³/mol. The fraction of sp³-hybridized carbons (Fsp3) is 0.451. The van der Waals surface area contributed by atoms with E-state index < -0.39 is 173 Å². The summed E-state index contributed by atoms with van der Waals surface area (Å²) in [7, 11) is 0. The van der Waals surface area contributed by atoms with Crippen molar-refractivity contribution < 1.29 is 57.5 Å². The molecule has 12 amide bonds. The molecule has 31 nitrogen and oxygen atoms in total. The zero-order chi connectivity index (χ0) is 96.1. The fourth-order valence-electron chi connectivity index (χ4n) is 16.3. The standard InChI is InChI=1S/C102H141N19O12/c1-76(82-37-13-7-14-38-82)116(65-91(108)122)100(131)74-120(80(5)86-45-21-11-22-46-86)99(130)70-114(61-36-31-56-107)97(128)72-119(79(4)85-43-19-10-20-44-85)102(133)75-121(81(6)87-47-23-12-24-48-87)98(129)69-113(60-35-30-55-106)94(125)68-115(62-51-88-63-110-90-50-26-25-49-89(88)90)95(126)67-111(58-33-28-53-104)93(124)66-112(59-34-29-54-105)96(127)71-118(78(3)84-41-17-9-18-42-84)101(132)73-117(77(2)83-39-15-8-16-40-83)92(123)64-109-57-32-27-52-103/h7-26,37-50,63,76-81,109-110H,27-36,51-62,64-75,103-107H2,1-6H3,(H2,108,122)/t76-,77-,78-,79-,80-,81-/m0/s1. The second-order valence-corrected chi connectivity index (χ2v) is 34.0. The van der Waals surface area contributed by atoms with E-state index in [1.807, 2.05) is 183 Å². The van der Waals surface area contributed by atoms with E-state index in [9.17, 15) is 14.4 Å². The number of nitrogens with zero attached hydrogens (tertiary/aromatic N) is 11. The first-order valence-electron chi connectivity index (χ1n) is 46.7. The Balaban J connectivity index is 1.10. The molecule has 133 heavy (non-hydrogen) atoms. The first-order chi connectivity index (χ1) is 64.2. The summed E-state index contributed by atoms with van der Waals surface area (Å²) in [6.07, 6.45) is 6.79. The van der Waals surface area contributed by atoms with Crippen LogP contribution in [0.25, 0.3) is 10.9 Å². The normalized spacial score (nSPS) is 12.5. The van der Waals surface area contributed by atoms with Crippen LogP contribution in [0.4, 0.5) is 0 Å². The summed E-state index contributed by atoms with van der Waals surface area (Å²) < 4.78 is 0. The maximum Gasteiger partial charge on any atom is 0.243 e. The molecule has 1 heterocycles. The number of primary amides is 1. The van der Waals surface area contributed by atoms with E-state index in [4.69, 9.17) is 34.4 Å². The number of H-pyrrole nitrogens is 1. The van der Waals surface area contributed by atoms with Gasteiger partial charge in [-0.1, -0.05) is 200 Å².